The molecule has 0 amide bonds. The average Bonchev–Trinajstić information content (AvgIpc) is 3.29. The lowest BCUT2D eigenvalue weighted by atomic mass is 10.1. The van der Waals surface area contributed by atoms with Gasteiger partial charge in [-0.2, -0.15) is 0 Å². The molecule has 21 heavy (non-hydrogen) atoms. The van der Waals surface area contributed by atoms with Gasteiger partial charge >= 0.3 is 0 Å². The normalized spacial score (nSPS) is 14.9. The highest BCUT2D eigenvalue weighted by atomic mass is 15.2. The standard InChI is InChI=1S/C18H25N3/c1-13(2)12-21(16-8-9-16)18-15(11-19-3)10-14-6-4-5-7-17(14)20-18/h4-7,10,13,16,19H,8-9,11-12H2,1-3H3. The summed E-state index contributed by atoms with van der Waals surface area (Å²) in [6, 6.07) is 11.4. The van der Waals surface area contributed by atoms with Crippen LogP contribution >= 0.6 is 0 Å². The quantitative estimate of drug-likeness (QED) is 0.878. The molecule has 1 aliphatic carbocycles. The average molecular weight is 283 g/mol. The summed E-state index contributed by atoms with van der Waals surface area (Å²) in [5, 5.41) is 4.52. The van der Waals surface area contributed by atoms with Crippen LogP contribution in [0.3, 0.4) is 0 Å². The van der Waals surface area contributed by atoms with E-state index in [0.717, 1.165) is 18.6 Å². The number of benzene rings is 1. The molecule has 1 N–H and O–H groups in total. The Morgan fingerprint density at radius 1 is 1.29 bits per heavy atom. The summed E-state index contributed by atoms with van der Waals surface area (Å²) in [6.45, 7) is 6.53. The number of anilines is 1. The Morgan fingerprint density at radius 2 is 2.05 bits per heavy atom. The van der Waals surface area contributed by atoms with Crippen molar-refractivity contribution in [3.8, 4) is 0 Å². The Labute approximate surface area is 127 Å². The van der Waals surface area contributed by atoms with Gasteiger partial charge in [0.15, 0.2) is 0 Å². The van der Waals surface area contributed by atoms with E-state index in [1.807, 2.05) is 7.05 Å². The van der Waals surface area contributed by atoms with Gasteiger partial charge in [0.1, 0.15) is 5.82 Å². The summed E-state index contributed by atoms with van der Waals surface area (Å²) in [6.07, 6.45) is 2.61. The monoisotopic (exact) mass is 283 g/mol. The van der Waals surface area contributed by atoms with Gasteiger partial charge in [-0.25, -0.2) is 4.98 Å². The van der Waals surface area contributed by atoms with Crippen molar-refractivity contribution in [2.24, 2.45) is 5.92 Å². The summed E-state index contributed by atoms with van der Waals surface area (Å²) >= 11 is 0. The fourth-order valence-electron chi connectivity index (χ4n) is 2.91. The van der Waals surface area contributed by atoms with E-state index in [4.69, 9.17) is 4.98 Å². The number of hydrogen-bond acceptors (Lipinski definition) is 3. The van der Waals surface area contributed by atoms with Crippen LogP contribution in [0.4, 0.5) is 5.82 Å². The minimum atomic E-state index is 0.654. The van der Waals surface area contributed by atoms with Crippen LogP contribution in [-0.4, -0.2) is 24.6 Å². The lowest BCUT2D eigenvalue weighted by Gasteiger charge is -2.28. The highest BCUT2D eigenvalue weighted by Crippen LogP contribution is 2.34. The van der Waals surface area contributed by atoms with E-state index in [1.54, 1.807) is 0 Å². The smallest absolute Gasteiger partial charge is 0.134 e. The SMILES string of the molecule is CNCc1cc2ccccc2nc1N(CC(C)C)C1CC1. The van der Waals surface area contributed by atoms with Crippen molar-refractivity contribution in [3.63, 3.8) is 0 Å². The molecule has 3 rings (SSSR count). The van der Waals surface area contributed by atoms with Gasteiger partial charge in [-0.1, -0.05) is 32.0 Å². The summed E-state index contributed by atoms with van der Waals surface area (Å²) in [5.74, 6) is 1.83. The second kappa shape index (κ2) is 6.02. The number of para-hydroxylation sites is 1. The van der Waals surface area contributed by atoms with Crippen molar-refractivity contribution in [2.75, 3.05) is 18.5 Å². The van der Waals surface area contributed by atoms with Crippen LogP contribution in [0.1, 0.15) is 32.3 Å². The first-order chi connectivity index (χ1) is 10.2. The van der Waals surface area contributed by atoms with Crippen LogP contribution in [0, 0.1) is 5.92 Å². The van der Waals surface area contributed by atoms with Gasteiger partial charge in [-0.15, -0.1) is 0 Å². The van der Waals surface area contributed by atoms with Crippen LogP contribution in [-0.2, 0) is 6.54 Å². The number of rotatable bonds is 6. The van der Waals surface area contributed by atoms with E-state index in [2.05, 4.69) is 54.4 Å². The molecule has 1 aromatic carbocycles. The lowest BCUT2D eigenvalue weighted by molar-refractivity contribution is 0.600. The third-order valence-corrected chi connectivity index (χ3v) is 3.97. The minimum absolute atomic E-state index is 0.654. The zero-order valence-corrected chi connectivity index (χ0v) is 13.3. The van der Waals surface area contributed by atoms with E-state index in [9.17, 15) is 0 Å². The molecule has 0 aliphatic heterocycles. The van der Waals surface area contributed by atoms with Crippen molar-refractivity contribution in [2.45, 2.75) is 39.3 Å². The van der Waals surface area contributed by atoms with Gasteiger partial charge < -0.3 is 10.2 Å². The van der Waals surface area contributed by atoms with Crippen molar-refractivity contribution in [3.05, 3.63) is 35.9 Å². The van der Waals surface area contributed by atoms with Gasteiger partial charge in [-0.3, -0.25) is 0 Å². The van der Waals surface area contributed by atoms with E-state index in [-0.39, 0.29) is 0 Å². The van der Waals surface area contributed by atoms with Gasteiger partial charge in [-0.05, 0) is 37.9 Å². The Hall–Kier alpha value is -1.61. The van der Waals surface area contributed by atoms with Crippen LogP contribution in [0.25, 0.3) is 10.9 Å². The summed E-state index contributed by atoms with van der Waals surface area (Å²) < 4.78 is 0. The number of nitrogens with one attached hydrogen (secondary N) is 1. The largest absolute Gasteiger partial charge is 0.353 e. The van der Waals surface area contributed by atoms with Crippen molar-refractivity contribution in [1.29, 1.82) is 0 Å². The zero-order chi connectivity index (χ0) is 14.8. The molecule has 0 atom stereocenters. The first-order valence-corrected chi connectivity index (χ1v) is 7.99. The maximum Gasteiger partial charge on any atom is 0.134 e. The van der Waals surface area contributed by atoms with Crippen molar-refractivity contribution >= 4 is 16.7 Å². The molecule has 0 bridgehead atoms. The molecular formula is C18H25N3. The van der Waals surface area contributed by atoms with E-state index >= 15 is 0 Å². The molecule has 1 aromatic heterocycles. The maximum absolute atomic E-state index is 4.99. The first kappa shape index (κ1) is 14.3. The molecule has 0 radical (unpaired) electrons. The second-order valence-electron chi connectivity index (χ2n) is 6.47. The van der Waals surface area contributed by atoms with Gasteiger partial charge in [0.05, 0.1) is 5.52 Å². The van der Waals surface area contributed by atoms with E-state index in [0.29, 0.717) is 12.0 Å². The molecule has 0 spiro atoms. The number of aromatic nitrogens is 1. The van der Waals surface area contributed by atoms with Crippen molar-refractivity contribution < 1.29 is 0 Å². The van der Waals surface area contributed by atoms with E-state index in [1.165, 1.54) is 29.6 Å². The van der Waals surface area contributed by atoms with Gasteiger partial charge in [0.2, 0.25) is 0 Å². The summed E-state index contributed by atoms with van der Waals surface area (Å²) in [4.78, 5) is 7.53. The first-order valence-electron chi connectivity index (χ1n) is 7.99. The molecule has 3 heteroatoms. The summed E-state index contributed by atoms with van der Waals surface area (Å²) in [5.41, 5.74) is 2.41. The third kappa shape index (κ3) is 3.18. The molecule has 2 aromatic rings. The minimum Gasteiger partial charge on any atom is -0.353 e. The predicted molar refractivity (Wildman–Crippen MR) is 89.7 cm³/mol. The molecule has 3 nitrogen and oxygen atoms in total. The Balaban J connectivity index is 2.06. The Bertz CT molecular complexity index is 617. The van der Waals surface area contributed by atoms with Gasteiger partial charge in [0, 0.05) is 30.1 Å². The molecule has 112 valence electrons. The second-order valence-corrected chi connectivity index (χ2v) is 6.47. The number of pyridine rings is 1. The Morgan fingerprint density at radius 3 is 2.71 bits per heavy atom. The number of hydrogen-bond donors (Lipinski definition) is 1. The van der Waals surface area contributed by atoms with Crippen LogP contribution in [0.2, 0.25) is 0 Å². The fraction of sp³-hybridized carbons (Fsp3) is 0.500. The highest BCUT2D eigenvalue weighted by molar-refractivity contribution is 5.82. The molecule has 1 fully saturated rings. The fourth-order valence-corrected chi connectivity index (χ4v) is 2.91. The molecular weight excluding hydrogens is 258 g/mol. The summed E-state index contributed by atoms with van der Waals surface area (Å²) in [7, 11) is 2.00. The third-order valence-electron chi connectivity index (χ3n) is 3.97. The topological polar surface area (TPSA) is 28.2 Å². The number of nitrogens with zero attached hydrogens (tertiary/aromatic N) is 2. The molecule has 1 saturated carbocycles. The van der Waals surface area contributed by atoms with Crippen LogP contribution in [0.5, 0.6) is 0 Å². The zero-order valence-electron chi connectivity index (χ0n) is 13.3. The predicted octanol–water partition coefficient (Wildman–Crippen LogP) is 3.58. The number of fused-ring (bicyclic) bond motifs is 1. The maximum atomic E-state index is 4.99. The molecule has 1 heterocycles. The van der Waals surface area contributed by atoms with Crippen LogP contribution < -0.4 is 10.2 Å². The van der Waals surface area contributed by atoms with Crippen molar-refractivity contribution in [1.82, 2.24) is 10.3 Å². The molecule has 1 aliphatic rings. The Kier molecular flexibility index (Phi) is 4.11. The highest BCUT2D eigenvalue weighted by Gasteiger charge is 2.31. The molecule has 0 saturated heterocycles. The lowest BCUT2D eigenvalue weighted by Crippen LogP contribution is -2.32. The van der Waals surface area contributed by atoms with Crippen LogP contribution in [0.15, 0.2) is 30.3 Å². The van der Waals surface area contributed by atoms with E-state index < -0.39 is 0 Å². The molecule has 0 unspecified atom stereocenters. The van der Waals surface area contributed by atoms with Gasteiger partial charge in [0.25, 0.3) is 0 Å².